The van der Waals surface area contributed by atoms with Gasteiger partial charge in [0.1, 0.15) is 0 Å². The van der Waals surface area contributed by atoms with Gasteiger partial charge in [-0.3, -0.25) is 0 Å². The smallest absolute Gasteiger partial charge is 0.303 e. The van der Waals surface area contributed by atoms with Crippen LogP contribution in [-0.2, 0) is 16.2 Å². The van der Waals surface area contributed by atoms with Crippen molar-refractivity contribution in [2.24, 2.45) is 11.8 Å². The molecule has 1 aliphatic rings. The Labute approximate surface area is 185 Å². The summed E-state index contributed by atoms with van der Waals surface area (Å²) < 4.78 is 65.3. The maximum absolute atomic E-state index is 12.6. The van der Waals surface area contributed by atoms with Crippen LogP contribution in [0.3, 0.4) is 0 Å². The minimum Gasteiger partial charge on any atom is -0.303 e. The normalized spacial score (nSPS) is 20.2. The van der Waals surface area contributed by atoms with Gasteiger partial charge in [-0.1, -0.05) is 38.2 Å². The summed E-state index contributed by atoms with van der Waals surface area (Å²) in [7, 11) is -1.69. The highest BCUT2D eigenvalue weighted by molar-refractivity contribution is 7.89. The second kappa shape index (κ2) is 12.0. The first-order valence-corrected chi connectivity index (χ1v) is 12.6. The summed E-state index contributed by atoms with van der Waals surface area (Å²) in [5.41, 5.74) is -0.853. The van der Waals surface area contributed by atoms with Crippen molar-refractivity contribution in [3.05, 3.63) is 42.5 Å². The van der Waals surface area contributed by atoms with Crippen molar-refractivity contribution in [3.63, 3.8) is 0 Å². The van der Waals surface area contributed by atoms with Gasteiger partial charge in [0.05, 0.1) is 10.5 Å². The predicted octanol–water partition coefficient (Wildman–Crippen LogP) is 5.47. The Bertz CT molecular complexity index is 771. The Morgan fingerprint density at radius 2 is 1.68 bits per heavy atom. The SMILES string of the molecule is C=CCN(C)CCCCCC1CCC(CNS(=O)(=O)c2ccc(C(F)(F)F)cc2)CC1. The molecule has 0 heterocycles. The van der Waals surface area contributed by atoms with Crippen molar-refractivity contribution in [1.82, 2.24) is 9.62 Å². The zero-order chi connectivity index (χ0) is 22.9. The predicted molar refractivity (Wildman–Crippen MR) is 118 cm³/mol. The lowest BCUT2D eigenvalue weighted by Crippen LogP contribution is -2.31. The van der Waals surface area contributed by atoms with E-state index < -0.39 is 21.8 Å². The van der Waals surface area contributed by atoms with Crippen LogP contribution in [0.1, 0.15) is 56.9 Å². The van der Waals surface area contributed by atoms with Crippen LogP contribution in [0.5, 0.6) is 0 Å². The molecule has 1 N–H and O–H groups in total. The van der Waals surface area contributed by atoms with Crippen LogP contribution in [0.25, 0.3) is 0 Å². The summed E-state index contributed by atoms with van der Waals surface area (Å²) in [4.78, 5) is 2.14. The van der Waals surface area contributed by atoms with Crippen molar-refractivity contribution in [3.8, 4) is 0 Å². The molecule has 176 valence electrons. The maximum atomic E-state index is 12.6. The minimum absolute atomic E-state index is 0.132. The topological polar surface area (TPSA) is 49.4 Å². The monoisotopic (exact) mass is 460 g/mol. The number of hydrogen-bond acceptors (Lipinski definition) is 3. The molecule has 2 rings (SSSR count). The summed E-state index contributed by atoms with van der Waals surface area (Å²) >= 11 is 0. The van der Waals surface area contributed by atoms with E-state index in [2.05, 4.69) is 23.2 Å². The van der Waals surface area contributed by atoms with Gasteiger partial charge >= 0.3 is 6.18 Å². The van der Waals surface area contributed by atoms with E-state index in [0.717, 1.165) is 63.0 Å². The van der Waals surface area contributed by atoms with Gasteiger partial charge in [0, 0.05) is 13.1 Å². The first kappa shape index (κ1) is 25.9. The second-order valence-corrected chi connectivity index (χ2v) is 10.4. The molecule has 31 heavy (non-hydrogen) atoms. The molecule has 1 aromatic carbocycles. The Morgan fingerprint density at radius 1 is 1.06 bits per heavy atom. The third-order valence-electron chi connectivity index (χ3n) is 6.11. The van der Waals surface area contributed by atoms with Crippen LogP contribution >= 0.6 is 0 Å². The molecule has 1 saturated carbocycles. The number of nitrogens with zero attached hydrogens (tertiary/aromatic N) is 1. The van der Waals surface area contributed by atoms with Gasteiger partial charge in [-0.2, -0.15) is 13.2 Å². The van der Waals surface area contributed by atoms with Crippen molar-refractivity contribution < 1.29 is 21.6 Å². The van der Waals surface area contributed by atoms with Crippen LogP contribution in [0.15, 0.2) is 41.8 Å². The lowest BCUT2D eigenvalue weighted by Gasteiger charge is -2.28. The first-order chi connectivity index (χ1) is 14.6. The van der Waals surface area contributed by atoms with Crippen LogP contribution in [0, 0.1) is 11.8 Å². The molecule has 1 aliphatic carbocycles. The summed E-state index contributed by atoms with van der Waals surface area (Å²) in [6.45, 7) is 6.11. The van der Waals surface area contributed by atoms with Gasteiger partial charge in [0.2, 0.25) is 10.0 Å². The largest absolute Gasteiger partial charge is 0.416 e. The first-order valence-electron chi connectivity index (χ1n) is 11.1. The third-order valence-corrected chi connectivity index (χ3v) is 7.55. The lowest BCUT2D eigenvalue weighted by molar-refractivity contribution is -0.137. The molecule has 1 aromatic rings. The maximum Gasteiger partial charge on any atom is 0.416 e. The quantitative estimate of drug-likeness (QED) is 0.332. The molecule has 4 nitrogen and oxygen atoms in total. The number of sulfonamides is 1. The van der Waals surface area contributed by atoms with E-state index in [1.165, 1.54) is 25.7 Å². The fraction of sp³-hybridized carbons (Fsp3) is 0.652. The van der Waals surface area contributed by atoms with E-state index in [0.29, 0.717) is 12.5 Å². The molecule has 0 atom stereocenters. The number of alkyl halides is 3. The Balaban J connectivity index is 1.66. The highest BCUT2D eigenvalue weighted by Crippen LogP contribution is 2.32. The van der Waals surface area contributed by atoms with Gasteiger partial charge in [0.15, 0.2) is 0 Å². The molecule has 0 saturated heterocycles. The standard InChI is InChI=1S/C23H35F3N2O2S/c1-3-16-28(2)17-6-4-5-7-19-8-10-20(11-9-19)18-27-31(29,30)22-14-12-21(13-15-22)23(24,25)26/h3,12-15,19-20,27H,1,4-11,16-18H2,2H3. The van der Waals surface area contributed by atoms with Crippen molar-refractivity contribution in [2.75, 3.05) is 26.7 Å². The van der Waals surface area contributed by atoms with Crippen LogP contribution in [0.2, 0.25) is 0 Å². The van der Waals surface area contributed by atoms with E-state index >= 15 is 0 Å². The molecule has 0 aliphatic heterocycles. The minimum atomic E-state index is -4.48. The molecule has 1 fully saturated rings. The fourth-order valence-electron chi connectivity index (χ4n) is 4.16. The third kappa shape index (κ3) is 8.94. The van der Waals surface area contributed by atoms with Crippen molar-refractivity contribution in [1.29, 1.82) is 0 Å². The van der Waals surface area contributed by atoms with Gasteiger partial charge in [-0.15, -0.1) is 6.58 Å². The molecule has 0 unspecified atom stereocenters. The lowest BCUT2D eigenvalue weighted by atomic mass is 9.80. The van der Waals surface area contributed by atoms with E-state index in [1.54, 1.807) is 0 Å². The number of hydrogen-bond donors (Lipinski definition) is 1. The van der Waals surface area contributed by atoms with Crippen molar-refractivity contribution >= 4 is 10.0 Å². The molecular formula is C23H35F3N2O2S. The number of benzene rings is 1. The molecule has 8 heteroatoms. The number of halogens is 3. The van der Waals surface area contributed by atoms with Gasteiger partial charge in [-0.25, -0.2) is 13.1 Å². The Kier molecular flexibility index (Phi) is 10.0. The second-order valence-electron chi connectivity index (χ2n) is 8.66. The molecule has 0 aromatic heterocycles. The Morgan fingerprint density at radius 3 is 2.26 bits per heavy atom. The van der Waals surface area contributed by atoms with Crippen LogP contribution in [-0.4, -0.2) is 40.0 Å². The zero-order valence-corrected chi connectivity index (χ0v) is 19.1. The van der Waals surface area contributed by atoms with Gasteiger partial charge in [-0.05, 0) is 69.0 Å². The molecule has 0 amide bonds. The summed E-state index contributed by atoms with van der Waals surface area (Å²) in [5.74, 6) is 1.00. The summed E-state index contributed by atoms with van der Waals surface area (Å²) in [6, 6.07) is 3.63. The average Bonchev–Trinajstić information content (AvgIpc) is 2.72. The van der Waals surface area contributed by atoms with E-state index in [-0.39, 0.29) is 10.8 Å². The summed E-state index contributed by atoms with van der Waals surface area (Å²) in [6.07, 6.45) is 6.54. The fourth-order valence-corrected chi connectivity index (χ4v) is 5.28. The number of likely N-dealkylation sites (N-methyl/N-ethyl adjacent to an activating group) is 1. The molecular weight excluding hydrogens is 425 g/mol. The van der Waals surface area contributed by atoms with Gasteiger partial charge in [0.25, 0.3) is 0 Å². The van der Waals surface area contributed by atoms with Crippen LogP contribution < -0.4 is 4.72 Å². The number of nitrogens with one attached hydrogen (secondary N) is 1. The summed E-state index contributed by atoms with van der Waals surface area (Å²) in [5, 5.41) is 0. The van der Waals surface area contributed by atoms with Crippen LogP contribution in [0.4, 0.5) is 13.2 Å². The Hall–Kier alpha value is -1.38. The number of rotatable bonds is 12. The number of unbranched alkanes of at least 4 members (excludes halogenated alkanes) is 2. The highest BCUT2D eigenvalue weighted by Gasteiger charge is 2.31. The average molecular weight is 461 g/mol. The zero-order valence-electron chi connectivity index (χ0n) is 18.3. The van der Waals surface area contributed by atoms with E-state index in [1.807, 2.05) is 6.08 Å². The molecule has 0 radical (unpaired) electrons. The van der Waals surface area contributed by atoms with Crippen molar-refractivity contribution in [2.45, 2.75) is 62.4 Å². The molecule has 0 spiro atoms. The van der Waals surface area contributed by atoms with Gasteiger partial charge < -0.3 is 4.90 Å². The van der Waals surface area contributed by atoms with E-state index in [9.17, 15) is 21.6 Å². The molecule has 0 bridgehead atoms. The highest BCUT2D eigenvalue weighted by atomic mass is 32.2. The van der Waals surface area contributed by atoms with E-state index in [4.69, 9.17) is 0 Å².